The van der Waals surface area contributed by atoms with Crippen molar-refractivity contribution in [2.45, 2.75) is 13.3 Å². The Hall–Kier alpha value is -1.76. The van der Waals surface area contributed by atoms with Gasteiger partial charge in [-0.2, -0.15) is 5.26 Å². The molecule has 1 aromatic carbocycles. The van der Waals surface area contributed by atoms with Gasteiger partial charge in [0.15, 0.2) is 0 Å². The molecule has 2 aromatic rings. The van der Waals surface area contributed by atoms with E-state index >= 15 is 0 Å². The quantitative estimate of drug-likeness (QED) is 0.886. The highest BCUT2D eigenvalue weighted by atomic mass is 35.5. The van der Waals surface area contributed by atoms with Crippen molar-refractivity contribution in [1.29, 1.82) is 5.26 Å². The summed E-state index contributed by atoms with van der Waals surface area (Å²) in [6.07, 6.45) is 0.957. The summed E-state index contributed by atoms with van der Waals surface area (Å²) in [5, 5.41) is 13.4. The highest BCUT2D eigenvalue weighted by molar-refractivity contribution is 6.36. The Balaban J connectivity index is 2.45. The van der Waals surface area contributed by atoms with Crippen LogP contribution in [-0.2, 0) is 0 Å². The zero-order valence-electron chi connectivity index (χ0n) is 11.0. The highest BCUT2D eigenvalue weighted by Gasteiger charge is 2.09. The van der Waals surface area contributed by atoms with Crippen LogP contribution in [0.3, 0.4) is 0 Å². The molecule has 1 aromatic heterocycles. The van der Waals surface area contributed by atoms with Crippen LogP contribution in [0.25, 0.3) is 11.3 Å². The van der Waals surface area contributed by atoms with Gasteiger partial charge in [0.1, 0.15) is 11.9 Å². The number of nitriles is 1. The molecule has 0 amide bonds. The van der Waals surface area contributed by atoms with E-state index in [0.717, 1.165) is 18.5 Å². The van der Waals surface area contributed by atoms with Gasteiger partial charge in [-0.1, -0.05) is 30.1 Å². The molecule has 0 atom stereocenters. The smallest absolute Gasteiger partial charge is 0.144 e. The van der Waals surface area contributed by atoms with Gasteiger partial charge in [-0.25, -0.2) is 4.98 Å². The van der Waals surface area contributed by atoms with Crippen LogP contribution >= 0.6 is 23.2 Å². The lowest BCUT2D eigenvalue weighted by Gasteiger charge is -2.09. The molecule has 0 fully saturated rings. The zero-order chi connectivity index (χ0) is 14.5. The standard InChI is InChI=1S/C15H13Cl2N3/c1-2-7-19-15-10(9-18)3-6-14(20-15)12-5-4-11(16)8-13(12)17/h3-6,8H,2,7H2,1H3,(H,19,20). The van der Waals surface area contributed by atoms with Crippen molar-refractivity contribution in [3.63, 3.8) is 0 Å². The number of pyridine rings is 1. The maximum Gasteiger partial charge on any atom is 0.144 e. The minimum absolute atomic E-state index is 0.521. The van der Waals surface area contributed by atoms with Crippen LogP contribution in [0.2, 0.25) is 10.0 Å². The van der Waals surface area contributed by atoms with Crippen molar-refractivity contribution >= 4 is 29.0 Å². The van der Waals surface area contributed by atoms with Crippen LogP contribution in [0.5, 0.6) is 0 Å². The molecule has 2 rings (SSSR count). The van der Waals surface area contributed by atoms with Crippen molar-refractivity contribution in [3.05, 3.63) is 45.9 Å². The first-order chi connectivity index (χ1) is 9.65. The van der Waals surface area contributed by atoms with E-state index in [2.05, 4.69) is 23.3 Å². The third-order valence-corrected chi connectivity index (χ3v) is 3.31. The summed E-state index contributed by atoms with van der Waals surface area (Å²) < 4.78 is 0. The van der Waals surface area contributed by atoms with Gasteiger partial charge in [-0.05, 0) is 36.8 Å². The van der Waals surface area contributed by atoms with Gasteiger partial charge >= 0.3 is 0 Å². The van der Waals surface area contributed by atoms with Crippen molar-refractivity contribution < 1.29 is 0 Å². The monoisotopic (exact) mass is 305 g/mol. The van der Waals surface area contributed by atoms with Gasteiger partial charge in [0, 0.05) is 17.1 Å². The summed E-state index contributed by atoms with van der Waals surface area (Å²) in [6.45, 7) is 2.82. The average molecular weight is 306 g/mol. The Kier molecular flexibility index (Phi) is 4.84. The molecule has 1 N–H and O–H groups in total. The number of nitrogens with one attached hydrogen (secondary N) is 1. The molecular formula is C15H13Cl2N3. The number of anilines is 1. The van der Waals surface area contributed by atoms with E-state index in [1.807, 2.05) is 6.07 Å². The number of aromatic nitrogens is 1. The first kappa shape index (κ1) is 14.6. The van der Waals surface area contributed by atoms with Crippen LogP contribution in [0.4, 0.5) is 5.82 Å². The molecule has 0 unspecified atom stereocenters. The van der Waals surface area contributed by atoms with Crippen LogP contribution in [0.15, 0.2) is 30.3 Å². The average Bonchev–Trinajstić information content (AvgIpc) is 2.45. The number of halogens is 2. The Bertz CT molecular complexity index is 663. The molecule has 5 heteroatoms. The van der Waals surface area contributed by atoms with E-state index in [4.69, 9.17) is 28.5 Å². The van der Waals surface area contributed by atoms with Gasteiger partial charge in [-0.15, -0.1) is 0 Å². The van der Waals surface area contributed by atoms with Crippen molar-refractivity contribution in [2.75, 3.05) is 11.9 Å². The summed E-state index contributed by atoms with van der Waals surface area (Å²) >= 11 is 12.1. The molecule has 0 radical (unpaired) electrons. The Labute approximate surface area is 128 Å². The molecule has 20 heavy (non-hydrogen) atoms. The lowest BCUT2D eigenvalue weighted by Crippen LogP contribution is -2.04. The largest absolute Gasteiger partial charge is 0.369 e. The number of hydrogen-bond acceptors (Lipinski definition) is 3. The van der Waals surface area contributed by atoms with Crippen LogP contribution in [0, 0.1) is 11.3 Å². The molecule has 1 heterocycles. The first-order valence-electron chi connectivity index (χ1n) is 6.26. The minimum atomic E-state index is 0.521. The second kappa shape index (κ2) is 6.60. The maximum atomic E-state index is 9.10. The van der Waals surface area contributed by atoms with E-state index in [1.54, 1.807) is 24.3 Å². The SMILES string of the molecule is CCCNc1nc(-c2ccc(Cl)cc2Cl)ccc1C#N. The Morgan fingerprint density at radius 2 is 2.05 bits per heavy atom. The maximum absolute atomic E-state index is 9.10. The Morgan fingerprint density at radius 1 is 1.25 bits per heavy atom. The molecule has 0 aliphatic heterocycles. The Morgan fingerprint density at radius 3 is 2.70 bits per heavy atom. The second-order valence-corrected chi connectivity index (χ2v) is 5.10. The lowest BCUT2D eigenvalue weighted by atomic mass is 10.1. The fourth-order valence-corrected chi connectivity index (χ4v) is 2.28. The summed E-state index contributed by atoms with van der Waals surface area (Å²) in [4.78, 5) is 4.48. The van der Waals surface area contributed by atoms with E-state index in [9.17, 15) is 0 Å². The molecule has 102 valence electrons. The second-order valence-electron chi connectivity index (χ2n) is 4.26. The molecule has 3 nitrogen and oxygen atoms in total. The van der Waals surface area contributed by atoms with E-state index in [-0.39, 0.29) is 0 Å². The van der Waals surface area contributed by atoms with Gasteiger partial charge in [0.05, 0.1) is 16.3 Å². The van der Waals surface area contributed by atoms with Gasteiger partial charge in [-0.3, -0.25) is 0 Å². The minimum Gasteiger partial charge on any atom is -0.369 e. The predicted octanol–water partition coefficient (Wildman–Crippen LogP) is 4.75. The van der Waals surface area contributed by atoms with Crippen molar-refractivity contribution in [3.8, 4) is 17.3 Å². The van der Waals surface area contributed by atoms with E-state index < -0.39 is 0 Å². The summed E-state index contributed by atoms with van der Waals surface area (Å²) in [7, 11) is 0. The first-order valence-corrected chi connectivity index (χ1v) is 7.01. The third kappa shape index (κ3) is 3.22. The number of benzene rings is 1. The summed E-state index contributed by atoms with van der Waals surface area (Å²) in [5.41, 5.74) is 2.02. The van der Waals surface area contributed by atoms with Gasteiger partial charge in [0.2, 0.25) is 0 Å². The number of rotatable bonds is 4. The fraction of sp³-hybridized carbons (Fsp3) is 0.200. The van der Waals surface area contributed by atoms with Crippen molar-refractivity contribution in [2.24, 2.45) is 0 Å². The summed E-state index contributed by atoms with van der Waals surface area (Å²) in [6, 6.07) is 10.9. The molecule has 0 saturated heterocycles. The molecule has 0 bridgehead atoms. The highest BCUT2D eigenvalue weighted by Crippen LogP contribution is 2.30. The normalized spacial score (nSPS) is 10.1. The van der Waals surface area contributed by atoms with E-state index in [0.29, 0.717) is 27.1 Å². The molecule has 0 aliphatic carbocycles. The van der Waals surface area contributed by atoms with Crippen LogP contribution in [-0.4, -0.2) is 11.5 Å². The molecule has 0 spiro atoms. The summed E-state index contributed by atoms with van der Waals surface area (Å²) in [5.74, 6) is 0.581. The lowest BCUT2D eigenvalue weighted by molar-refractivity contribution is 0.968. The molecule has 0 saturated carbocycles. The topological polar surface area (TPSA) is 48.7 Å². The molecule has 0 aliphatic rings. The number of hydrogen-bond donors (Lipinski definition) is 1. The van der Waals surface area contributed by atoms with Crippen molar-refractivity contribution in [1.82, 2.24) is 4.98 Å². The number of nitrogens with zero attached hydrogens (tertiary/aromatic N) is 2. The van der Waals surface area contributed by atoms with Crippen LogP contribution < -0.4 is 5.32 Å². The molecular weight excluding hydrogens is 293 g/mol. The fourth-order valence-electron chi connectivity index (χ4n) is 1.77. The van der Waals surface area contributed by atoms with E-state index in [1.165, 1.54) is 0 Å². The van der Waals surface area contributed by atoms with Gasteiger partial charge in [0.25, 0.3) is 0 Å². The van der Waals surface area contributed by atoms with Gasteiger partial charge < -0.3 is 5.32 Å². The third-order valence-electron chi connectivity index (χ3n) is 2.77. The zero-order valence-corrected chi connectivity index (χ0v) is 12.5. The predicted molar refractivity (Wildman–Crippen MR) is 83.2 cm³/mol. The van der Waals surface area contributed by atoms with Crippen LogP contribution in [0.1, 0.15) is 18.9 Å².